The van der Waals surface area contributed by atoms with Gasteiger partial charge in [0, 0.05) is 25.7 Å². The Morgan fingerprint density at radius 2 is 2.14 bits per heavy atom. The molecule has 0 bridgehead atoms. The SMILES string of the molecule is COCCN(C)C(C)(CN)CC1CC1. The number of methoxy groups -OCH3 is 1. The van der Waals surface area contributed by atoms with Crippen LogP contribution in [-0.4, -0.2) is 44.3 Å². The minimum atomic E-state index is 0.166. The predicted octanol–water partition coefficient (Wildman–Crippen LogP) is 1.08. The zero-order valence-corrected chi connectivity index (χ0v) is 9.75. The second-order valence-electron chi connectivity index (χ2n) is 4.76. The van der Waals surface area contributed by atoms with Gasteiger partial charge in [0.25, 0.3) is 0 Å². The highest BCUT2D eigenvalue weighted by atomic mass is 16.5. The van der Waals surface area contributed by atoms with Gasteiger partial charge in [-0.3, -0.25) is 4.90 Å². The van der Waals surface area contributed by atoms with Crippen molar-refractivity contribution in [3.8, 4) is 0 Å². The third-order valence-corrected chi connectivity index (χ3v) is 3.42. The quantitative estimate of drug-likeness (QED) is 0.668. The van der Waals surface area contributed by atoms with Gasteiger partial charge in [-0.2, -0.15) is 0 Å². The smallest absolute Gasteiger partial charge is 0.0589 e. The molecule has 1 unspecified atom stereocenters. The van der Waals surface area contributed by atoms with Crippen molar-refractivity contribution < 1.29 is 4.74 Å². The summed E-state index contributed by atoms with van der Waals surface area (Å²) in [7, 11) is 3.89. The van der Waals surface area contributed by atoms with Gasteiger partial charge in [-0.05, 0) is 26.3 Å². The molecular weight excluding hydrogens is 176 g/mol. The molecule has 14 heavy (non-hydrogen) atoms. The highest BCUT2D eigenvalue weighted by Gasteiger charge is 2.34. The van der Waals surface area contributed by atoms with Crippen LogP contribution in [0.2, 0.25) is 0 Å². The summed E-state index contributed by atoms with van der Waals surface area (Å²) in [5.41, 5.74) is 6.04. The molecule has 84 valence electrons. The number of rotatable bonds is 7. The first-order valence-electron chi connectivity index (χ1n) is 5.52. The molecule has 0 aromatic carbocycles. The van der Waals surface area contributed by atoms with E-state index in [9.17, 15) is 0 Å². The molecule has 3 heteroatoms. The lowest BCUT2D eigenvalue weighted by atomic mass is 9.93. The van der Waals surface area contributed by atoms with Gasteiger partial charge in [-0.1, -0.05) is 12.8 Å². The zero-order valence-electron chi connectivity index (χ0n) is 9.75. The summed E-state index contributed by atoms with van der Waals surface area (Å²) in [6.07, 6.45) is 4.03. The Morgan fingerprint density at radius 1 is 1.50 bits per heavy atom. The van der Waals surface area contributed by atoms with E-state index in [1.54, 1.807) is 7.11 Å². The fraction of sp³-hybridized carbons (Fsp3) is 1.00. The van der Waals surface area contributed by atoms with E-state index in [0.717, 1.165) is 25.6 Å². The fourth-order valence-electron chi connectivity index (χ4n) is 1.84. The summed E-state index contributed by atoms with van der Waals surface area (Å²) in [6, 6.07) is 0. The standard InChI is InChI=1S/C11H24N2O/c1-11(9-12,8-10-4-5-10)13(2)6-7-14-3/h10H,4-9,12H2,1-3H3. The van der Waals surface area contributed by atoms with Crippen LogP contribution in [0.5, 0.6) is 0 Å². The van der Waals surface area contributed by atoms with Crippen molar-refractivity contribution in [3.05, 3.63) is 0 Å². The molecule has 0 saturated heterocycles. The van der Waals surface area contributed by atoms with Crippen LogP contribution in [0.25, 0.3) is 0 Å². The molecule has 1 rings (SSSR count). The third-order valence-electron chi connectivity index (χ3n) is 3.42. The summed E-state index contributed by atoms with van der Waals surface area (Å²) >= 11 is 0. The highest BCUT2D eigenvalue weighted by Crippen LogP contribution is 2.38. The maximum Gasteiger partial charge on any atom is 0.0589 e. The maximum absolute atomic E-state index is 5.87. The second-order valence-corrected chi connectivity index (χ2v) is 4.76. The van der Waals surface area contributed by atoms with Crippen molar-refractivity contribution in [2.75, 3.05) is 33.9 Å². The van der Waals surface area contributed by atoms with Crippen LogP contribution in [0, 0.1) is 5.92 Å². The Bertz CT molecular complexity index is 171. The van der Waals surface area contributed by atoms with Gasteiger partial charge < -0.3 is 10.5 Å². The van der Waals surface area contributed by atoms with Gasteiger partial charge >= 0.3 is 0 Å². The van der Waals surface area contributed by atoms with Crippen LogP contribution >= 0.6 is 0 Å². The minimum absolute atomic E-state index is 0.166. The molecule has 0 spiro atoms. The zero-order chi connectivity index (χ0) is 10.6. The Balaban J connectivity index is 2.39. The first-order chi connectivity index (χ1) is 6.62. The Kier molecular flexibility index (Phi) is 4.35. The molecule has 0 aromatic heterocycles. The molecule has 0 aromatic rings. The third kappa shape index (κ3) is 3.23. The van der Waals surface area contributed by atoms with Gasteiger partial charge in [0.05, 0.1) is 6.61 Å². The lowest BCUT2D eigenvalue weighted by Crippen LogP contribution is -2.51. The van der Waals surface area contributed by atoms with Gasteiger partial charge in [-0.15, -0.1) is 0 Å². The lowest BCUT2D eigenvalue weighted by Gasteiger charge is -2.38. The van der Waals surface area contributed by atoms with E-state index >= 15 is 0 Å². The Hall–Kier alpha value is -0.120. The lowest BCUT2D eigenvalue weighted by molar-refractivity contribution is 0.0847. The highest BCUT2D eigenvalue weighted by molar-refractivity contribution is 4.91. The fourth-order valence-corrected chi connectivity index (χ4v) is 1.84. The molecule has 2 N–H and O–H groups in total. The molecular formula is C11H24N2O. The molecule has 0 aliphatic heterocycles. The molecule has 0 radical (unpaired) electrons. The van der Waals surface area contributed by atoms with Crippen molar-refractivity contribution in [1.29, 1.82) is 0 Å². The van der Waals surface area contributed by atoms with Crippen molar-refractivity contribution in [3.63, 3.8) is 0 Å². The van der Waals surface area contributed by atoms with E-state index in [0.29, 0.717) is 0 Å². The summed E-state index contributed by atoms with van der Waals surface area (Å²) in [5.74, 6) is 0.925. The maximum atomic E-state index is 5.87. The number of hydrogen-bond donors (Lipinski definition) is 1. The molecule has 3 nitrogen and oxygen atoms in total. The van der Waals surface area contributed by atoms with Gasteiger partial charge in [0.15, 0.2) is 0 Å². The number of nitrogens with two attached hydrogens (primary N) is 1. The predicted molar refractivity (Wildman–Crippen MR) is 59.3 cm³/mol. The van der Waals surface area contributed by atoms with E-state index in [4.69, 9.17) is 10.5 Å². The van der Waals surface area contributed by atoms with Gasteiger partial charge in [-0.25, -0.2) is 0 Å². The van der Waals surface area contributed by atoms with Crippen molar-refractivity contribution in [1.82, 2.24) is 4.90 Å². The summed E-state index contributed by atoms with van der Waals surface area (Å²) in [5, 5.41) is 0. The molecule has 1 saturated carbocycles. The Morgan fingerprint density at radius 3 is 2.57 bits per heavy atom. The van der Waals surface area contributed by atoms with E-state index in [-0.39, 0.29) is 5.54 Å². The number of hydrogen-bond acceptors (Lipinski definition) is 3. The summed E-state index contributed by atoms with van der Waals surface area (Å²) < 4.78 is 5.09. The van der Waals surface area contributed by atoms with Crippen LogP contribution < -0.4 is 5.73 Å². The first kappa shape index (κ1) is 12.0. The Labute approximate surface area is 87.6 Å². The monoisotopic (exact) mass is 200 g/mol. The summed E-state index contributed by atoms with van der Waals surface area (Å²) in [4.78, 5) is 2.34. The van der Waals surface area contributed by atoms with Crippen LogP contribution in [0.4, 0.5) is 0 Å². The molecule has 1 aliphatic rings. The topological polar surface area (TPSA) is 38.5 Å². The van der Waals surface area contributed by atoms with Crippen molar-refractivity contribution in [2.24, 2.45) is 11.7 Å². The van der Waals surface area contributed by atoms with Crippen LogP contribution in [0.1, 0.15) is 26.2 Å². The molecule has 0 amide bonds. The van der Waals surface area contributed by atoms with E-state index in [1.807, 2.05) is 0 Å². The van der Waals surface area contributed by atoms with E-state index < -0.39 is 0 Å². The van der Waals surface area contributed by atoms with Gasteiger partial charge in [0.1, 0.15) is 0 Å². The first-order valence-corrected chi connectivity index (χ1v) is 5.52. The minimum Gasteiger partial charge on any atom is -0.383 e. The van der Waals surface area contributed by atoms with Crippen molar-refractivity contribution >= 4 is 0 Å². The molecule has 1 fully saturated rings. The van der Waals surface area contributed by atoms with Gasteiger partial charge in [0.2, 0.25) is 0 Å². The largest absolute Gasteiger partial charge is 0.383 e. The number of nitrogens with zero attached hydrogens (tertiary/aromatic N) is 1. The van der Waals surface area contributed by atoms with Crippen LogP contribution in [0.15, 0.2) is 0 Å². The molecule has 1 aliphatic carbocycles. The average molecular weight is 200 g/mol. The van der Waals surface area contributed by atoms with Crippen LogP contribution in [-0.2, 0) is 4.74 Å². The summed E-state index contributed by atoms with van der Waals surface area (Å²) in [6.45, 7) is 4.76. The molecule has 1 atom stereocenters. The van der Waals surface area contributed by atoms with E-state index in [1.165, 1.54) is 19.3 Å². The average Bonchev–Trinajstić information content (AvgIpc) is 2.97. The van der Waals surface area contributed by atoms with E-state index in [2.05, 4.69) is 18.9 Å². The number of ether oxygens (including phenoxy) is 1. The van der Waals surface area contributed by atoms with Crippen molar-refractivity contribution in [2.45, 2.75) is 31.7 Å². The normalized spacial score (nSPS) is 21.2. The molecule has 0 heterocycles. The second kappa shape index (κ2) is 5.10. The number of likely N-dealkylation sites (N-methyl/N-ethyl adjacent to an activating group) is 1. The van der Waals surface area contributed by atoms with Crippen LogP contribution in [0.3, 0.4) is 0 Å².